The molecule has 0 aliphatic rings. The van der Waals surface area contributed by atoms with Crippen molar-refractivity contribution in [2.24, 2.45) is 0 Å². The van der Waals surface area contributed by atoms with Gasteiger partial charge in [-0.3, -0.25) is 4.57 Å². The highest BCUT2D eigenvalue weighted by Crippen LogP contribution is 2.38. The summed E-state index contributed by atoms with van der Waals surface area (Å²) in [5.74, 6) is 0.799. The second-order valence-corrected chi connectivity index (χ2v) is 9.28. The molecular formula is C21H15N5S3. The van der Waals surface area contributed by atoms with Gasteiger partial charge in [-0.15, -0.1) is 32.9 Å². The first-order chi connectivity index (χ1) is 14.3. The van der Waals surface area contributed by atoms with Crippen molar-refractivity contribution in [2.75, 3.05) is 0 Å². The van der Waals surface area contributed by atoms with Crippen LogP contribution in [0.1, 0.15) is 5.69 Å². The molecule has 0 saturated heterocycles. The van der Waals surface area contributed by atoms with Crippen LogP contribution in [0.15, 0.2) is 81.7 Å². The molecule has 8 heteroatoms. The topological polar surface area (TPSA) is 56.5 Å². The summed E-state index contributed by atoms with van der Waals surface area (Å²) in [5, 5.41) is 12.8. The number of thiazole rings is 2. The number of aryl methyl sites for hydroxylation is 1. The van der Waals surface area contributed by atoms with Gasteiger partial charge in [0.25, 0.3) is 0 Å². The van der Waals surface area contributed by atoms with Gasteiger partial charge in [-0.1, -0.05) is 48.5 Å². The lowest BCUT2D eigenvalue weighted by Gasteiger charge is -2.08. The second-order valence-electron chi connectivity index (χ2n) is 6.18. The Morgan fingerprint density at radius 2 is 1.69 bits per heavy atom. The van der Waals surface area contributed by atoms with Crippen molar-refractivity contribution in [2.45, 2.75) is 16.4 Å². The van der Waals surface area contributed by atoms with E-state index in [9.17, 15) is 0 Å². The molecule has 0 saturated carbocycles. The van der Waals surface area contributed by atoms with Gasteiger partial charge in [0.2, 0.25) is 5.16 Å². The van der Waals surface area contributed by atoms with Crippen molar-refractivity contribution >= 4 is 34.4 Å². The third kappa shape index (κ3) is 3.62. The summed E-state index contributed by atoms with van der Waals surface area (Å²) in [6.07, 6.45) is 1.80. The van der Waals surface area contributed by atoms with Crippen LogP contribution in [-0.4, -0.2) is 24.7 Å². The minimum absolute atomic E-state index is 0.787. The molecule has 3 heterocycles. The first-order valence-electron chi connectivity index (χ1n) is 8.91. The molecule has 0 aliphatic carbocycles. The number of nitrogens with zero attached hydrogens (tertiary/aromatic N) is 5. The molecule has 3 aromatic heterocycles. The molecule has 2 aromatic carbocycles. The van der Waals surface area contributed by atoms with E-state index in [0.29, 0.717) is 0 Å². The third-order valence-electron chi connectivity index (χ3n) is 4.26. The van der Waals surface area contributed by atoms with Crippen molar-refractivity contribution < 1.29 is 0 Å². The molecule has 0 N–H and O–H groups in total. The van der Waals surface area contributed by atoms with E-state index in [-0.39, 0.29) is 0 Å². The van der Waals surface area contributed by atoms with Gasteiger partial charge in [0.15, 0.2) is 10.2 Å². The van der Waals surface area contributed by atoms with E-state index in [1.54, 1.807) is 28.9 Å². The highest BCUT2D eigenvalue weighted by Gasteiger charge is 2.22. The molecular weight excluding hydrogens is 418 g/mol. The molecule has 0 fully saturated rings. The molecule has 0 aliphatic heterocycles. The Labute approximate surface area is 180 Å². The second kappa shape index (κ2) is 7.90. The van der Waals surface area contributed by atoms with Crippen LogP contribution in [0.5, 0.6) is 0 Å². The van der Waals surface area contributed by atoms with Crippen molar-refractivity contribution in [3.8, 4) is 27.0 Å². The maximum absolute atomic E-state index is 4.80. The molecule has 29 heavy (non-hydrogen) atoms. The molecule has 0 spiro atoms. The minimum Gasteiger partial charge on any atom is -0.269 e. The van der Waals surface area contributed by atoms with Crippen molar-refractivity contribution in [3.63, 3.8) is 0 Å². The summed E-state index contributed by atoms with van der Waals surface area (Å²) in [5.41, 5.74) is 3.07. The summed E-state index contributed by atoms with van der Waals surface area (Å²) in [6.45, 7) is 2.02. The molecule has 142 valence electrons. The summed E-state index contributed by atoms with van der Waals surface area (Å²) < 4.78 is 3.02. The normalized spacial score (nSPS) is 11.1. The summed E-state index contributed by atoms with van der Waals surface area (Å²) in [4.78, 5) is 10.2. The minimum atomic E-state index is 0.787. The zero-order valence-electron chi connectivity index (χ0n) is 15.4. The molecule has 5 aromatic rings. The standard InChI is InChI=1S/C21H15N5S3/c1-14-17(28-19(23-14)15-8-4-2-5-9-15)18-24-25-20(29-21-22-12-13-27-21)26(18)16-10-6-3-7-11-16/h2-13H,1H3. The Bertz CT molecular complexity index is 1230. The van der Waals surface area contributed by atoms with E-state index >= 15 is 0 Å². The lowest BCUT2D eigenvalue weighted by molar-refractivity contribution is 0.885. The monoisotopic (exact) mass is 433 g/mol. The number of para-hydroxylation sites is 1. The zero-order chi connectivity index (χ0) is 19.6. The maximum atomic E-state index is 4.80. The number of rotatable bonds is 5. The van der Waals surface area contributed by atoms with Gasteiger partial charge < -0.3 is 0 Å². The van der Waals surface area contributed by atoms with Gasteiger partial charge in [0.1, 0.15) is 5.01 Å². The summed E-state index contributed by atoms with van der Waals surface area (Å²) in [7, 11) is 0. The molecule has 0 amide bonds. The summed E-state index contributed by atoms with van der Waals surface area (Å²) >= 11 is 4.75. The quantitative estimate of drug-likeness (QED) is 0.342. The van der Waals surface area contributed by atoms with E-state index in [4.69, 9.17) is 4.98 Å². The predicted molar refractivity (Wildman–Crippen MR) is 119 cm³/mol. The number of benzene rings is 2. The summed E-state index contributed by atoms with van der Waals surface area (Å²) in [6, 6.07) is 20.4. The van der Waals surface area contributed by atoms with Crippen LogP contribution in [-0.2, 0) is 0 Å². The Morgan fingerprint density at radius 1 is 0.931 bits per heavy atom. The van der Waals surface area contributed by atoms with Crippen LogP contribution in [0.2, 0.25) is 0 Å². The average Bonchev–Trinajstić information content (AvgIpc) is 3.50. The fourth-order valence-electron chi connectivity index (χ4n) is 2.94. The van der Waals surface area contributed by atoms with E-state index < -0.39 is 0 Å². The van der Waals surface area contributed by atoms with E-state index in [2.05, 4.69) is 44.0 Å². The molecule has 5 rings (SSSR count). The first-order valence-corrected chi connectivity index (χ1v) is 11.4. The molecule has 0 unspecified atom stereocenters. The van der Waals surface area contributed by atoms with Crippen molar-refractivity contribution in [3.05, 3.63) is 77.9 Å². The molecule has 5 nitrogen and oxygen atoms in total. The number of aromatic nitrogens is 5. The highest BCUT2D eigenvalue weighted by atomic mass is 32.2. The van der Waals surface area contributed by atoms with Crippen molar-refractivity contribution in [1.29, 1.82) is 0 Å². The van der Waals surface area contributed by atoms with Gasteiger partial charge in [-0.05, 0) is 30.8 Å². The Kier molecular flexibility index (Phi) is 4.97. The largest absolute Gasteiger partial charge is 0.269 e. The van der Waals surface area contributed by atoms with Gasteiger partial charge in [0, 0.05) is 22.8 Å². The fraction of sp³-hybridized carbons (Fsp3) is 0.0476. The average molecular weight is 434 g/mol. The number of hydrogen-bond donors (Lipinski definition) is 0. The number of hydrogen-bond acceptors (Lipinski definition) is 7. The van der Waals surface area contributed by atoms with Crippen molar-refractivity contribution in [1.82, 2.24) is 24.7 Å². The van der Waals surface area contributed by atoms with Gasteiger partial charge in [-0.2, -0.15) is 0 Å². The SMILES string of the molecule is Cc1nc(-c2ccccc2)sc1-c1nnc(Sc2nccs2)n1-c1ccccc1. The van der Waals surface area contributed by atoms with Crippen LogP contribution < -0.4 is 0 Å². The van der Waals surface area contributed by atoms with Crippen LogP contribution in [0.3, 0.4) is 0 Å². The lowest BCUT2D eigenvalue weighted by atomic mass is 10.2. The molecule has 0 radical (unpaired) electrons. The third-order valence-corrected chi connectivity index (χ3v) is 7.29. The van der Waals surface area contributed by atoms with Gasteiger partial charge in [-0.25, -0.2) is 9.97 Å². The lowest BCUT2D eigenvalue weighted by Crippen LogP contribution is -1.99. The van der Waals surface area contributed by atoms with E-state index in [1.807, 2.05) is 48.7 Å². The molecule has 0 bridgehead atoms. The van der Waals surface area contributed by atoms with Gasteiger partial charge in [0.05, 0.1) is 10.6 Å². The van der Waals surface area contributed by atoms with E-state index in [1.165, 1.54) is 11.8 Å². The Morgan fingerprint density at radius 3 is 2.41 bits per heavy atom. The first kappa shape index (κ1) is 18.2. The Balaban J connectivity index is 1.64. The fourth-order valence-corrected chi connectivity index (χ4v) is 5.56. The van der Waals surface area contributed by atoms with Gasteiger partial charge >= 0.3 is 0 Å². The zero-order valence-corrected chi connectivity index (χ0v) is 17.8. The molecule has 0 atom stereocenters. The maximum Gasteiger partial charge on any atom is 0.203 e. The van der Waals surface area contributed by atoms with Crippen LogP contribution in [0, 0.1) is 6.92 Å². The van der Waals surface area contributed by atoms with Crippen LogP contribution in [0.4, 0.5) is 0 Å². The van der Waals surface area contributed by atoms with E-state index in [0.717, 1.165) is 42.2 Å². The van der Waals surface area contributed by atoms with Crippen LogP contribution in [0.25, 0.3) is 27.0 Å². The Hall–Kier alpha value is -2.81. The van der Waals surface area contributed by atoms with Crippen LogP contribution >= 0.6 is 34.4 Å². The smallest absolute Gasteiger partial charge is 0.203 e. The predicted octanol–water partition coefficient (Wildman–Crippen LogP) is 5.97. The highest BCUT2D eigenvalue weighted by molar-refractivity contribution is 8.00.